The minimum Gasteiger partial charge on any atom is -0.256 e. The molecule has 0 radical (unpaired) electrons. The van der Waals surface area contributed by atoms with E-state index in [1.165, 1.54) is 16.5 Å². The van der Waals surface area contributed by atoms with Gasteiger partial charge in [0.05, 0.1) is 5.52 Å². The van der Waals surface area contributed by atoms with Gasteiger partial charge in [0, 0.05) is 11.6 Å². The molecule has 0 unspecified atom stereocenters. The number of aromatic nitrogens is 1. The minimum absolute atomic E-state index is 1.07. The smallest absolute Gasteiger partial charge is 0.0739 e. The van der Waals surface area contributed by atoms with Gasteiger partial charge in [-0.25, -0.2) is 0 Å². The van der Waals surface area contributed by atoms with Gasteiger partial charge in [-0.1, -0.05) is 56.4 Å². The fraction of sp³-hybridized carbons (Fsp3) is 0.235. The first-order valence-electron chi connectivity index (χ1n) is 6.65. The number of fused-ring (bicyclic) bond motifs is 3. The number of aryl methyl sites for hydroxylation is 1. The van der Waals surface area contributed by atoms with Gasteiger partial charge < -0.3 is 0 Å². The van der Waals surface area contributed by atoms with Crippen molar-refractivity contribution in [1.29, 1.82) is 0 Å². The van der Waals surface area contributed by atoms with Crippen LogP contribution in [0, 0.1) is 0 Å². The second-order valence-corrected chi connectivity index (χ2v) is 4.03. The third-order valence-corrected chi connectivity index (χ3v) is 3.00. The van der Waals surface area contributed by atoms with Gasteiger partial charge >= 0.3 is 0 Å². The second kappa shape index (κ2) is 6.15. The largest absolute Gasteiger partial charge is 0.256 e. The molecule has 1 heterocycles. The summed E-state index contributed by atoms with van der Waals surface area (Å²) in [7, 11) is 0. The van der Waals surface area contributed by atoms with Crippen molar-refractivity contribution in [2.45, 2.75) is 26.7 Å². The van der Waals surface area contributed by atoms with Crippen LogP contribution in [0.1, 0.15) is 31.4 Å². The van der Waals surface area contributed by atoms with Gasteiger partial charge in [0.25, 0.3) is 0 Å². The van der Waals surface area contributed by atoms with Crippen LogP contribution in [-0.4, -0.2) is 4.98 Å². The summed E-state index contributed by atoms with van der Waals surface area (Å²) < 4.78 is 0. The molecule has 2 aromatic rings. The topological polar surface area (TPSA) is 12.9 Å². The predicted molar refractivity (Wildman–Crippen MR) is 79.6 cm³/mol. The number of rotatable bonds is 0. The molecule has 1 aliphatic rings. The van der Waals surface area contributed by atoms with Crippen molar-refractivity contribution in [2.24, 2.45) is 0 Å². The molecule has 1 aliphatic carbocycles. The Bertz CT molecular complexity index is 579. The van der Waals surface area contributed by atoms with E-state index in [4.69, 9.17) is 0 Å². The molecule has 0 fully saturated rings. The molecule has 92 valence electrons. The molecular weight excluding hydrogens is 218 g/mol. The van der Waals surface area contributed by atoms with Gasteiger partial charge in [0.1, 0.15) is 0 Å². The third-order valence-electron chi connectivity index (χ3n) is 3.00. The van der Waals surface area contributed by atoms with Crippen molar-refractivity contribution in [3.8, 4) is 0 Å². The number of nitrogens with zero attached hydrogens (tertiary/aromatic N) is 1. The molecule has 1 aromatic carbocycles. The van der Waals surface area contributed by atoms with E-state index in [0.717, 1.165) is 18.4 Å². The van der Waals surface area contributed by atoms with Crippen molar-refractivity contribution in [3.05, 3.63) is 59.8 Å². The normalized spacial score (nSPS) is 16.8. The molecule has 0 N–H and O–H groups in total. The summed E-state index contributed by atoms with van der Waals surface area (Å²) in [4.78, 5) is 4.51. The van der Waals surface area contributed by atoms with Gasteiger partial charge in [-0.05, 0) is 30.0 Å². The van der Waals surface area contributed by atoms with Crippen LogP contribution in [0.2, 0.25) is 0 Å². The highest BCUT2D eigenvalue weighted by Crippen LogP contribution is 2.24. The standard InChI is InChI=1S/C15H13N.C2H6/c1-2-4-8-14-12(6-3-1)9-10-13-7-5-11-16-15(13)14;1-2/h1-3,5-7,9-11H,4,8H2;1-2H3/b2-1+,6-3-;. The molecule has 0 saturated heterocycles. The zero-order valence-electron chi connectivity index (χ0n) is 11.1. The van der Waals surface area contributed by atoms with Gasteiger partial charge in [0.2, 0.25) is 0 Å². The summed E-state index contributed by atoms with van der Waals surface area (Å²) in [5.41, 5.74) is 3.83. The van der Waals surface area contributed by atoms with Crippen LogP contribution in [0.5, 0.6) is 0 Å². The highest BCUT2D eigenvalue weighted by Gasteiger charge is 2.06. The summed E-state index contributed by atoms with van der Waals surface area (Å²) >= 11 is 0. The van der Waals surface area contributed by atoms with Crippen LogP contribution in [0.3, 0.4) is 0 Å². The first-order chi connectivity index (χ1) is 8.95. The van der Waals surface area contributed by atoms with Crippen molar-refractivity contribution in [2.75, 3.05) is 0 Å². The number of hydrogen-bond donors (Lipinski definition) is 0. The lowest BCUT2D eigenvalue weighted by Gasteiger charge is -2.10. The van der Waals surface area contributed by atoms with Crippen LogP contribution in [0.15, 0.2) is 48.7 Å². The Kier molecular flexibility index (Phi) is 4.30. The quantitative estimate of drug-likeness (QED) is 0.642. The summed E-state index contributed by atoms with van der Waals surface area (Å²) in [6.45, 7) is 4.00. The lowest BCUT2D eigenvalue weighted by atomic mass is 9.97. The monoisotopic (exact) mass is 237 g/mol. The van der Waals surface area contributed by atoms with E-state index in [9.17, 15) is 0 Å². The Morgan fingerprint density at radius 2 is 1.94 bits per heavy atom. The van der Waals surface area contributed by atoms with E-state index in [1.54, 1.807) is 0 Å². The number of allylic oxidation sites excluding steroid dienone is 3. The lowest BCUT2D eigenvalue weighted by Crippen LogP contribution is -1.94. The molecular formula is C17H19N. The number of pyridine rings is 1. The molecule has 18 heavy (non-hydrogen) atoms. The van der Waals surface area contributed by atoms with Gasteiger partial charge in [-0.3, -0.25) is 4.98 Å². The summed E-state index contributed by atoms with van der Waals surface area (Å²) in [5, 5.41) is 1.24. The minimum atomic E-state index is 1.07. The summed E-state index contributed by atoms with van der Waals surface area (Å²) in [6, 6.07) is 8.46. The zero-order chi connectivity index (χ0) is 12.8. The van der Waals surface area contributed by atoms with Crippen LogP contribution >= 0.6 is 0 Å². The highest BCUT2D eigenvalue weighted by molar-refractivity contribution is 5.85. The first kappa shape index (κ1) is 12.6. The molecule has 1 heteroatoms. The van der Waals surface area contributed by atoms with E-state index >= 15 is 0 Å². The van der Waals surface area contributed by atoms with Crippen LogP contribution in [0.4, 0.5) is 0 Å². The van der Waals surface area contributed by atoms with E-state index in [0.29, 0.717) is 0 Å². The fourth-order valence-corrected chi connectivity index (χ4v) is 2.20. The van der Waals surface area contributed by atoms with E-state index in [1.807, 2.05) is 26.1 Å². The predicted octanol–water partition coefficient (Wildman–Crippen LogP) is 4.78. The molecule has 0 spiro atoms. The second-order valence-electron chi connectivity index (χ2n) is 4.03. The van der Waals surface area contributed by atoms with Crippen molar-refractivity contribution < 1.29 is 0 Å². The molecule has 1 aromatic heterocycles. The molecule has 0 aliphatic heterocycles. The highest BCUT2D eigenvalue weighted by atomic mass is 14.6. The zero-order valence-corrected chi connectivity index (χ0v) is 11.1. The fourth-order valence-electron chi connectivity index (χ4n) is 2.20. The number of hydrogen-bond acceptors (Lipinski definition) is 1. The van der Waals surface area contributed by atoms with Gasteiger partial charge in [-0.2, -0.15) is 0 Å². The molecule has 0 saturated carbocycles. The summed E-state index contributed by atoms with van der Waals surface area (Å²) in [6.07, 6.45) is 12.6. The molecule has 3 rings (SSSR count). The average Bonchev–Trinajstić information content (AvgIpc) is 2.41. The van der Waals surface area contributed by atoms with Crippen molar-refractivity contribution in [3.63, 3.8) is 0 Å². The molecule has 0 atom stereocenters. The SMILES string of the molecule is C1=C\c2ccc3cccnc3c2CC/C=C/1.CC. The Hall–Kier alpha value is -1.89. The Morgan fingerprint density at radius 1 is 1.06 bits per heavy atom. The third kappa shape index (κ3) is 2.51. The van der Waals surface area contributed by atoms with Crippen molar-refractivity contribution >= 4 is 17.0 Å². The molecule has 1 nitrogen and oxygen atoms in total. The van der Waals surface area contributed by atoms with Crippen molar-refractivity contribution in [1.82, 2.24) is 4.98 Å². The number of benzene rings is 1. The first-order valence-corrected chi connectivity index (χ1v) is 6.65. The van der Waals surface area contributed by atoms with E-state index in [2.05, 4.69) is 47.5 Å². The van der Waals surface area contributed by atoms with E-state index < -0.39 is 0 Å². The maximum atomic E-state index is 4.51. The van der Waals surface area contributed by atoms with Crippen LogP contribution in [0.25, 0.3) is 17.0 Å². The van der Waals surface area contributed by atoms with Gasteiger partial charge in [-0.15, -0.1) is 0 Å². The summed E-state index contributed by atoms with van der Waals surface area (Å²) in [5.74, 6) is 0. The molecule has 0 amide bonds. The Balaban J connectivity index is 0.000000574. The Morgan fingerprint density at radius 3 is 2.83 bits per heavy atom. The molecule has 0 bridgehead atoms. The van der Waals surface area contributed by atoms with E-state index in [-0.39, 0.29) is 0 Å². The average molecular weight is 237 g/mol. The Labute approximate surface area is 109 Å². The van der Waals surface area contributed by atoms with Gasteiger partial charge in [0.15, 0.2) is 0 Å². The van der Waals surface area contributed by atoms with Crippen LogP contribution < -0.4 is 0 Å². The lowest BCUT2D eigenvalue weighted by molar-refractivity contribution is 1.00. The van der Waals surface area contributed by atoms with Crippen LogP contribution in [-0.2, 0) is 6.42 Å². The maximum Gasteiger partial charge on any atom is 0.0739 e. The maximum absolute atomic E-state index is 4.51.